The van der Waals surface area contributed by atoms with E-state index in [9.17, 15) is 4.79 Å². The summed E-state index contributed by atoms with van der Waals surface area (Å²) in [6, 6.07) is 3.36. The molecule has 0 N–H and O–H groups in total. The maximum atomic E-state index is 10.5. The van der Waals surface area contributed by atoms with Crippen LogP contribution in [0.15, 0.2) is 25.6 Å². The maximum Gasteiger partial charge on any atom is 0.409 e. The Morgan fingerprint density at radius 2 is 1.85 bits per heavy atom. The Labute approximate surface area is 105 Å². The second-order valence-corrected chi connectivity index (χ2v) is 4.76. The number of benzene rings is 1. The van der Waals surface area contributed by atoms with Gasteiger partial charge in [0.05, 0.1) is 4.47 Å². The van der Waals surface area contributed by atoms with Crippen molar-refractivity contribution in [1.29, 1.82) is 0 Å². The molecule has 1 aromatic carbocycles. The van der Waals surface area contributed by atoms with Crippen LogP contribution in [0.3, 0.4) is 0 Å². The molecule has 0 aromatic heterocycles. The van der Waals surface area contributed by atoms with Crippen molar-refractivity contribution in [1.82, 2.24) is 0 Å². The monoisotopic (exact) mass is 390 g/mol. The van der Waals surface area contributed by atoms with Gasteiger partial charge < -0.3 is 4.74 Å². The smallest absolute Gasteiger partial charge is 0.409 e. The largest absolute Gasteiger partial charge is 0.413 e. The van der Waals surface area contributed by atoms with Gasteiger partial charge in [0.15, 0.2) is 0 Å². The Hall–Kier alpha value is 0.420. The van der Waals surface area contributed by atoms with Crippen LogP contribution in [0.2, 0.25) is 0 Å². The van der Waals surface area contributed by atoms with E-state index in [2.05, 4.69) is 47.8 Å². The van der Waals surface area contributed by atoms with Crippen LogP contribution in [0.4, 0.5) is 4.79 Å². The highest BCUT2D eigenvalue weighted by Gasteiger charge is 2.10. The maximum absolute atomic E-state index is 10.5. The van der Waals surface area contributed by atoms with Gasteiger partial charge in [-0.05, 0) is 59.9 Å². The Kier molecular flexibility index (Phi) is 4.22. The lowest BCUT2D eigenvalue weighted by molar-refractivity contribution is 0.225. The van der Waals surface area contributed by atoms with Crippen molar-refractivity contribution in [3.63, 3.8) is 0 Å². The second-order valence-electron chi connectivity index (χ2n) is 2.01. The van der Waals surface area contributed by atoms with Crippen LogP contribution in [0, 0.1) is 0 Å². The van der Waals surface area contributed by atoms with Crippen molar-refractivity contribution in [2.24, 2.45) is 0 Å². The quantitative estimate of drug-likeness (QED) is 0.510. The fourth-order valence-corrected chi connectivity index (χ4v) is 2.11. The Morgan fingerprint density at radius 1 is 1.23 bits per heavy atom. The summed E-state index contributed by atoms with van der Waals surface area (Å²) in [7, 11) is 0. The van der Waals surface area contributed by atoms with E-state index in [1.807, 2.05) is 0 Å². The SMILES string of the molecule is O=C(Cl)Oc1ccc(Br)c(Br)c1Br. The topological polar surface area (TPSA) is 26.3 Å². The van der Waals surface area contributed by atoms with Crippen LogP contribution in [-0.4, -0.2) is 5.43 Å². The molecule has 0 fully saturated rings. The Morgan fingerprint density at radius 3 is 2.38 bits per heavy atom. The van der Waals surface area contributed by atoms with Gasteiger partial charge in [-0.2, -0.15) is 0 Å². The molecule has 0 unspecified atom stereocenters. The first-order valence-electron chi connectivity index (χ1n) is 3.03. The van der Waals surface area contributed by atoms with Crippen LogP contribution in [0.1, 0.15) is 0 Å². The number of carbonyl (C=O) groups excluding carboxylic acids is 1. The number of carbonyl (C=O) groups is 1. The molecular formula is C7H2Br3ClO2. The lowest BCUT2D eigenvalue weighted by atomic mass is 10.3. The molecule has 13 heavy (non-hydrogen) atoms. The lowest BCUT2D eigenvalue weighted by Crippen LogP contribution is -1.97. The van der Waals surface area contributed by atoms with Gasteiger partial charge >= 0.3 is 5.43 Å². The average molecular weight is 393 g/mol. The first-order chi connectivity index (χ1) is 6.02. The molecule has 1 rings (SSSR count). The van der Waals surface area contributed by atoms with Gasteiger partial charge in [-0.15, -0.1) is 0 Å². The predicted molar refractivity (Wildman–Crippen MR) is 61.4 cm³/mol. The molecule has 0 atom stereocenters. The van der Waals surface area contributed by atoms with Gasteiger partial charge in [-0.1, -0.05) is 0 Å². The highest BCUT2D eigenvalue weighted by atomic mass is 79.9. The van der Waals surface area contributed by atoms with Crippen molar-refractivity contribution in [2.75, 3.05) is 0 Å². The minimum Gasteiger partial charge on any atom is -0.413 e. The molecule has 1 aromatic rings. The van der Waals surface area contributed by atoms with Gasteiger partial charge in [0.1, 0.15) is 5.75 Å². The van der Waals surface area contributed by atoms with Crippen LogP contribution >= 0.6 is 59.4 Å². The van der Waals surface area contributed by atoms with Crippen molar-refractivity contribution in [3.05, 3.63) is 25.6 Å². The fourth-order valence-electron chi connectivity index (χ4n) is 0.673. The summed E-state index contributed by atoms with van der Waals surface area (Å²) in [5.41, 5.74) is -0.866. The minimum atomic E-state index is -0.866. The van der Waals surface area contributed by atoms with E-state index < -0.39 is 5.43 Å². The fraction of sp³-hybridized carbons (Fsp3) is 0. The van der Waals surface area contributed by atoms with Crippen molar-refractivity contribution >= 4 is 64.8 Å². The van der Waals surface area contributed by atoms with Gasteiger partial charge in [0, 0.05) is 20.5 Å². The molecule has 70 valence electrons. The first-order valence-corrected chi connectivity index (χ1v) is 5.79. The molecule has 0 bridgehead atoms. The van der Waals surface area contributed by atoms with Gasteiger partial charge in [0.25, 0.3) is 0 Å². The summed E-state index contributed by atoms with van der Waals surface area (Å²) < 4.78 is 6.97. The molecule has 6 heteroatoms. The molecule has 0 amide bonds. The van der Waals surface area contributed by atoms with E-state index >= 15 is 0 Å². The first kappa shape index (κ1) is 11.5. The van der Waals surface area contributed by atoms with Crippen LogP contribution < -0.4 is 4.74 Å². The summed E-state index contributed by atoms with van der Waals surface area (Å²) in [6.45, 7) is 0. The minimum absolute atomic E-state index is 0.370. The van der Waals surface area contributed by atoms with Gasteiger partial charge in [0.2, 0.25) is 0 Å². The van der Waals surface area contributed by atoms with E-state index in [0.717, 1.165) is 8.95 Å². The van der Waals surface area contributed by atoms with E-state index in [1.165, 1.54) is 0 Å². The Bertz CT molecular complexity index is 354. The normalized spacial score (nSPS) is 9.85. The van der Waals surface area contributed by atoms with Crippen LogP contribution in [-0.2, 0) is 0 Å². The number of hydrogen-bond donors (Lipinski definition) is 0. The number of ether oxygens (including phenoxy) is 1. The molecule has 0 radical (unpaired) electrons. The van der Waals surface area contributed by atoms with Gasteiger partial charge in [-0.25, -0.2) is 4.79 Å². The predicted octanol–water partition coefficient (Wildman–Crippen LogP) is 4.71. The molecule has 0 saturated carbocycles. The Balaban J connectivity index is 3.10. The zero-order valence-electron chi connectivity index (χ0n) is 5.98. The van der Waals surface area contributed by atoms with Crippen LogP contribution in [0.25, 0.3) is 0 Å². The van der Waals surface area contributed by atoms with Crippen molar-refractivity contribution in [3.8, 4) is 5.75 Å². The van der Waals surface area contributed by atoms with E-state index in [1.54, 1.807) is 12.1 Å². The molecule has 0 heterocycles. The summed E-state index contributed by atoms with van der Waals surface area (Å²) in [5, 5.41) is 0. The lowest BCUT2D eigenvalue weighted by Gasteiger charge is -2.05. The van der Waals surface area contributed by atoms with E-state index in [0.29, 0.717) is 10.2 Å². The highest BCUT2D eigenvalue weighted by Crippen LogP contribution is 2.37. The molecule has 0 spiro atoms. The molecule has 0 aliphatic heterocycles. The third-order valence-electron chi connectivity index (χ3n) is 1.19. The van der Waals surface area contributed by atoms with Crippen molar-refractivity contribution < 1.29 is 9.53 Å². The highest BCUT2D eigenvalue weighted by molar-refractivity contribution is 9.14. The molecule has 0 saturated heterocycles. The van der Waals surface area contributed by atoms with Crippen LogP contribution in [0.5, 0.6) is 5.75 Å². The van der Waals surface area contributed by atoms with Crippen molar-refractivity contribution in [2.45, 2.75) is 0 Å². The average Bonchev–Trinajstić information content (AvgIpc) is 2.06. The zero-order chi connectivity index (χ0) is 10.0. The number of halogens is 4. The number of hydrogen-bond acceptors (Lipinski definition) is 2. The van der Waals surface area contributed by atoms with Gasteiger partial charge in [-0.3, -0.25) is 0 Å². The molecular weight excluding hydrogens is 391 g/mol. The molecule has 0 aliphatic carbocycles. The third kappa shape index (κ3) is 2.94. The third-order valence-corrected chi connectivity index (χ3v) is 4.60. The summed E-state index contributed by atoms with van der Waals surface area (Å²) >= 11 is 14.9. The second kappa shape index (κ2) is 4.77. The van der Waals surface area contributed by atoms with E-state index in [4.69, 9.17) is 16.3 Å². The summed E-state index contributed by atoms with van der Waals surface area (Å²) in [6.07, 6.45) is 0. The number of rotatable bonds is 1. The molecule has 2 nitrogen and oxygen atoms in total. The van der Waals surface area contributed by atoms with E-state index in [-0.39, 0.29) is 0 Å². The summed E-state index contributed by atoms with van der Waals surface area (Å²) in [4.78, 5) is 10.5. The molecule has 0 aliphatic rings. The standard InChI is InChI=1S/C7H2Br3ClO2/c8-3-1-2-4(13-7(11)12)6(10)5(3)9/h1-2H. The zero-order valence-corrected chi connectivity index (χ0v) is 11.5. The summed E-state index contributed by atoms with van der Waals surface area (Å²) in [5.74, 6) is 0.370.